The Kier molecular flexibility index (Phi) is 8.98. The van der Waals surface area contributed by atoms with E-state index in [-0.39, 0.29) is 23.4 Å². The molecule has 0 aromatic heterocycles. The highest BCUT2D eigenvalue weighted by molar-refractivity contribution is 6.46. The maximum absolute atomic E-state index is 13.8. The fourth-order valence-electron chi connectivity index (χ4n) is 5.00. The average molecular weight is 538 g/mol. The molecule has 0 spiro atoms. The molecule has 2 aliphatic heterocycles. The Hall–Kier alpha value is -3.76. The highest BCUT2D eigenvalue weighted by Crippen LogP contribution is 2.39. The van der Waals surface area contributed by atoms with Crippen molar-refractivity contribution in [3.05, 3.63) is 74.8 Å². The molecular formula is C29H35N3O7. The normalized spacial score (nSPS) is 19.6. The second kappa shape index (κ2) is 12.4. The van der Waals surface area contributed by atoms with E-state index in [2.05, 4.69) is 0 Å². The second-order valence-corrected chi connectivity index (χ2v) is 10.5. The molecule has 2 aromatic rings. The molecular weight excluding hydrogens is 502 g/mol. The van der Waals surface area contributed by atoms with Gasteiger partial charge in [-0.2, -0.15) is 0 Å². The third-order valence-electron chi connectivity index (χ3n) is 7.09. The zero-order valence-corrected chi connectivity index (χ0v) is 22.6. The molecule has 2 aromatic carbocycles. The van der Waals surface area contributed by atoms with Gasteiger partial charge in [-0.05, 0) is 53.8 Å². The van der Waals surface area contributed by atoms with E-state index in [9.17, 15) is 24.8 Å². The standard InChI is InChI=1S/C29H35N3O7/c1-19(2)18-39-24-10-7-22(17-20(24)3)27(33)25-26(21-5-8-23(9-6-21)32(36)37)31(29(35)28(25)34)12-4-11-30-13-15-38-16-14-30/h5-10,17,19,26,33H,4,11-16,18H2,1-3H3. The van der Waals surface area contributed by atoms with Crippen molar-refractivity contribution in [1.29, 1.82) is 0 Å². The first kappa shape index (κ1) is 28.3. The van der Waals surface area contributed by atoms with Gasteiger partial charge in [0.25, 0.3) is 11.6 Å². The van der Waals surface area contributed by atoms with E-state index in [1.165, 1.54) is 34.1 Å². The Labute approximate surface area is 228 Å². The molecule has 208 valence electrons. The zero-order valence-electron chi connectivity index (χ0n) is 22.6. The molecule has 10 nitrogen and oxygen atoms in total. The van der Waals surface area contributed by atoms with Crippen molar-refractivity contribution in [3.63, 3.8) is 0 Å². The van der Waals surface area contributed by atoms with Gasteiger partial charge in [0.15, 0.2) is 0 Å². The number of nitro groups is 1. The molecule has 0 bridgehead atoms. The molecule has 0 radical (unpaired) electrons. The number of rotatable bonds is 10. The van der Waals surface area contributed by atoms with Crippen LogP contribution in [-0.4, -0.2) is 67.5 Å². The first-order valence-corrected chi connectivity index (χ1v) is 13.3. The van der Waals surface area contributed by atoms with Crippen molar-refractivity contribution < 1.29 is 34.0 Å². The third-order valence-corrected chi connectivity index (χ3v) is 7.09. The van der Waals surface area contributed by atoms with E-state index >= 15 is 0 Å². The average Bonchev–Trinajstić information content (AvgIpc) is 3.17. The van der Waals surface area contributed by atoms with Gasteiger partial charge in [0.05, 0.1) is 37.3 Å². The van der Waals surface area contributed by atoms with Gasteiger partial charge in [0.1, 0.15) is 18.8 Å². The number of quaternary nitrogens is 1. The van der Waals surface area contributed by atoms with Gasteiger partial charge in [-0.3, -0.25) is 19.7 Å². The lowest BCUT2D eigenvalue weighted by Crippen LogP contribution is -3.14. The summed E-state index contributed by atoms with van der Waals surface area (Å²) in [7, 11) is 0. The van der Waals surface area contributed by atoms with Crippen LogP contribution in [0, 0.1) is 23.0 Å². The van der Waals surface area contributed by atoms with Crippen molar-refractivity contribution in [2.24, 2.45) is 5.92 Å². The predicted octanol–water partition coefficient (Wildman–Crippen LogP) is 1.47. The Morgan fingerprint density at radius 1 is 1.15 bits per heavy atom. The number of benzene rings is 2. The molecule has 2 saturated heterocycles. The summed E-state index contributed by atoms with van der Waals surface area (Å²) in [5, 5.41) is 25.0. The maximum Gasteiger partial charge on any atom is 0.295 e. The van der Waals surface area contributed by atoms with Gasteiger partial charge in [-0.1, -0.05) is 25.7 Å². The quantitative estimate of drug-likeness (QED) is 0.160. The van der Waals surface area contributed by atoms with E-state index in [4.69, 9.17) is 9.47 Å². The molecule has 2 heterocycles. The van der Waals surface area contributed by atoms with E-state index in [1.54, 1.807) is 18.2 Å². The summed E-state index contributed by atoms with van der Waals surface area (Å²) < 4.78 is 11.2. The van der Waals surface area contributed by atoms with Gasteiger partial charge < -0.3 is 24.4 Å². The number of amides is 1. The lowest BCUT2D eigenvalue weighted by molar-refractivity contribution is -0.908. The molecule has 10 heteroatoms. The number of aryl methyl sites for hydroxylation is 1. The lowest BCUT2D eigenvalue weighted by Gasteiger charge is -2.29. The number of ketones is 1. The summed E-state index contributed by atoms with van der Waals surface area (Å²) in [5.74, 6) is -1.11. The van der Waals surface area contributed by atoms with Gasteiger partial charge >= 0.3 is 0 Å². The van der Waals surface area contributed by atoms with E-state index in [0.29, 0.717) is 43.5 Å². The summed E-state index contributed by atoms with van der Waals surface area (Å²) in [6.45, 7) is 10.7. The van der Waals surface area contributed by atoms with Crippen molar-refractivity contribution in [2.75, 3.05) is 46.0 Å². The van der Waals surface area contributed by atoms with Crippen LogP contribution in [0.4, 0.5) is 5.69 Å². The molecule has 2 fully saturated rings. The minimum atomic E-state index is -0.921. The van der Waals surface area contributed by atoms with Gasteiger partial charge in [-0.25, -0.2) is 0 Å². The van der Waals surface area contributed by atoms with Crippen LogP contribution in [0.1, 0.15) is 43.0 Å². The number of carbonyl (C=O) groups excluding carboxylic acids is 2. The number of morpholine rings is 1. The molecule has 1 amide bonds. The number of likely N-dealkylation sites (tertiary alicyclic amines) is 1. The molecule has 0 aliphatic carbocycles. The molecule has 2 aliphatic rings. The molecule has 1 unspecified atom stereocenters. The van der Waals surface area contributed by atoms with Crippen LogP contribution >= 0.6 is 0 Å². The fraction of sp³-hybridized carbons (Fsp3) is 0.448. The van der Waals surface area contributed by atoms with Crippen molar-refractivity contribution in [2.45, 2.75) is 33.2 Å². The van der Waals surface area contributed by atoms with Crippen LogP contribution in [0.2, 0.25) is 0 Å². The first-order valence-electron chi connectivity index (χ1n) is 13.3. The smallest absolute Gasteiger partial charge is 0.295 e. The highest BCUT2D eigenvalue weighted by atomic mass is 16.6. The molecule has 0 saturated carbocycles. The maximum atomic E-state index is 13.8. The number of hydrogen-bond acceptors (Lipinski definition) is 7. The fourth-order valence-corrected chi connectivity index (χ4v) is 5.00. The van der Waals surface area contributed by atoms with Gasteiger partial charge in [0, 0.05) is 30.7 Å². The Morgan fingerprint density at radius 3 is 2.46 bits per heavy atom. The number of non-ortho nitro benzene ring substituents is 1. The lowest BCUT2D eigenvalue weighted by atomic mass is 9.94. The van der Waals surface area contributed by atoms with Crippen LogP contribution in [0.25, 0.3) is 5.76 Å². The van der Waals surface area contributed by atoms with E-state index < -0.39 is 28.4 Å². The third kappa shape index (κ3) is 6.46. The highest BCUT2D eigenvalue weighted by Gasteiger charge is 2.44. The van der Waals surface area contributed by atoms with Crippen LogP contribution < -0.4 is 14.7 Å². The second-order valence-electron chi connectivity index (χ2n) is 10.5. The zero-order chi connectivity index (χ0) is 28.1. The summed E-state index contributed by atoms with van der Waals surface area (Å²) in [6, 6.07) is 9.73. The summed E-state index contributed by atoms with van der Waals surface area (Å²) in [6.07, 6.45) is 0.639. The monoisotopic (exact) mass is 537 g/mol. The largest absolute Gasteiger partial charge is 0.872 e. The number of Topliss-reactive ketones (excluding diaryl/α,β-unsaturated/α-hetero) is 1. The van der Waals surface area contributed by atoms with Gasteiger partial charge in [0.2, 0.25) is 5.78 Å². The van der Waals surface area contributed by atoms with Crippen LogP contribution in [0.5, 0.6) is 5.75 Å². The molecule has 1 N–H and O–H groups in total. The van der Waals surface area contributed by atoms with Crippen molar-refractivity contribution >= 4 is 23.1 Å². The van der Waals surface area contributed by atoms with Crippen molar-refractivity contribution in [3.8, 4) is 5.75 Å². The molecule has 4 rings (SSSR count). The number of carbonyl (C=O) groups is 2. The SMILES string of the molecule is Cc1cc(C([O-])=C2C(=O)C(=O)N(CCC[NH+]3CCOCC3)C2c2ccc([N+](=O)[O-])cc2)ccc1OCC(C)C. The Morgan fingerprint density at radius 2 is 1.85 bits per heavy atom. The number of ether oxygens (including phenoxy) is 2. The van der Waals surface area contributed by atoms with Crippen LogP contribution in [0.3, 0.4) is 0 Å². The summed E-state index contributed by atoms with van der Waals surface area (Å²) in [4.78, 5) is 40.0. The minimum Gasteiger partial charge on any atom is -0.872 e. The summed E-state index contributed by atoms with van der Waals surface area (Å²) >= 11 is 0. The van der Waals surface area contributed by atoms with E-state index in [0.717, 1.165) is 25.2 Å². The Bertz CT molecular complexity index is 1250. The van der Waals surface area contributed by atoms with Gasteiger partial charge in [-0.15, -0.1) is 0 Å². The van der Waals surface area contributed by atoms with Crippen LogP contribution in [-0.2, 0) is 14.3 Å². The number of nitro benzene ring substituents is 1. The first-order chi connectivity index (χ1) is 18.7. The molecule has 39 heavy (non-hydrogen) atoms. The number of nitrogens with zero attached hydrogens (tertiary/aromatic N) is 2. The number of hydrogen-bond donors (Lipinski definition) is 1. The number of nitrogens with one attached hydrogen (secondary N) is 1. The Balaban J connectivity index is 1.67. The topological polar surface area (TPSA) is 126 Å². The minimum absolute atomic E-state index is 0.114. The molecule has 1 atom stereocenters. The predicted molar refractivity (Wildman–Crippen MR) is 142 cm³/mol. The van der Waals surface area contributed by atoms with E-state index in [1.807, 2.05) is 20.8 Å². The summed E-state index contributed by atoms with van der Waals surface area (Å²) in [5.41, 5.74) is 1.26. The van der Waals surface area contributed by atoms with Crippen LogP contribution in [0.15, 0.2) is 48.0 Å². The van der Waals surface area contributed by atoms with Crippen molar-refractivity contribution in [1.82, 2.24) is 4.90 Å².